The zero-order chi connectivity index (χ0) is 14.1. The minimum atomic E-state index is 0.209. The van der Waals surface area contributed by atoms with Crippen LogP contribution in [0.15, 0.2) is 4.99 Å². The second-order valence-corrected chi connectivity index (χ2v) is 3.54. The maximum atomic E-state index is 8.23. The molecule has 0 radical (unpaired) electrons. The zero-order valence-corrected chi connectivity index (χ0v) is 10.7. The first-order chi connectivity index (χ1) is 8.72. The summed E-state index contributed by atoms with van der Waals surface area (Å²) in [5.74, 6) is 0.209. The van der Waals surface area contributed by atoms with Crippen LogP contribution >= 0.6 is 0 Å². The zero-order valence-electron chi connectivity index (χ0n) is 10.7. The normalized spacial score (nSPS) is 9.61. The van der Waals surface area contributed by atoms with Crippen molar-refractivity contribution in [3.8, 4) is 12.4 Å². The van der Waals surface area contributed by atoms with Gasteiger partial charge in [0.05, 0.1) is 0 Å². The van der Waals surface area contributed by atoms with E-state index in [0.717, 1.165) is 25.8 Å². The molecule has 102 valence electrons. The lowest BCUT2D eigenvalue weighted by molar-refractivity contribution is 0.601. The summed E-state index contributed by atoms with van der Waals surface area (Å²) in [4.78, 5) is 3.99. The minimum Gasteiger partial charge on any atom is -0.369 e. The Bertz CT molecular complexity index is 274. The number of rotatable bonds is 8. The van der Waals surface area contributed by atoms with Gasteiger partial charge in [-0.15, -0.1) is 0 Å². The molecular weight excluding hydrogens is 230 g/mol. The van der Waals surface area contributed by atoms with E-state index in [-0.39, 0.29) is 5.96 Å². The first kappa shape index (κ1) is 18.4. The Balaban J connectivity index is 0. The van der Waals surface area contributed by atoms with Gasteiger partial charge in [0, 0.05) is 6.54 Å². The number of nitrogens with one attached hydrogen (secondary N) is 1. The molecule has 0 heterocycles. The summed E-state index contributed by atoms with van der Waals surface area (Å²) >= 11 is 0. The summed E-state index contributed by atoms with van der Waals surface area (Å²) in [5, 5.41) is 17.6. The van der Waals surface area contributed by atoms with E-state index in [2.05, 4.69) is 16.0 Å². The molecule has 0 amide bonds. The second-order valence-electron chi connectivity index (χ2n) is 3.54. The van der Waals surface area contributed by atoms with Crippen LogP contribution in [0.3, 0.4) is 0 Å². The third kappa shape index (κ3) is 19.6. The number of unbranched alkanes of at least 4 members (excludes halogenated alkanes) is 5. The van der Waals surface area contributed by atoms with Crippen LogP contribution in [0.25, 0.3) is 0 Å². The van der Waals surface area contributed by atoms with Gasteiger partial charge in [0.2, 0.25) is 5.96 Å². The SMILES string of the molecule is N#CN.N#CNC(N)=NCCCCCCCCN. The monoisotopic (exact) mass is 253 g/mol. The Morgan fingerprint density at radius 2 is 1.56 bits per heavy atom. The van der Waals surface area contributed by atoms with E-state index in [1.807, 2.05) is 0 Å². The summed E-state index contributed by atoms with van der Waals surface area (Å²) in [6, 6.07) is 0. The molecule has 0 fully saturated rings. The van der Waals surface area contributed by atoms with E-state index in [0.29, 0.717) is 6.54 Å². The summed E-state index contributed by atoms with van der Waals surface area (Å²) in [6.45, 7) is 1.48. The van der Waals surface area contributed by atoms with Gasteiger partial charge >= 0.3 is 0 Å². The Hall–Kier alpha value is -1.99. The van der Waals surface area contributed by atoms with Crippen LogP contribution in [0.4, 0.5) is 0 Å². The van der Waals surface area contributed by atoms with Crippen LogP contribution in [0, 0.1) is 22.9 Å². The van der Waals surface area contributed by atoms with Crippen molar-refractivity contribution in [1.29, 1.82) is 10.5 Å². The van der Waals surface area contributed by atoms with Crippen molar-refractivity contribution in [3.63, 3.8) is 0 Å². The molecular formula is C11H23N7. The molecule has 0 aromatic heterocycles. The van der Waals surface area contributed by atoms with Crippen molar-refractivity contribution < 1.29 is 0 Å². The summed E-state index contributed by atoms with van der Waals surface area (Å²) < 4.78 is 0. The molecule has 7 N–H and O–H groups in total. The van der Waals surface area contributed by atoms with E-state index in [4.69, 9.17) is 22.0 Å². The molecule has 0 bridgehead atoms. The maximum Gasteiger partial charge on any atom is 0.202 e. The Kier molecular flexibility index (Phi) is 17.8. The highest BCUT2D eigenvalue weighted by atomic mass is 15.1. The third-order valence-corrected chi connectivity index (χ3v) is 2.08. The molecule has 0 aromatic carbocycles. The van der Waals surface area contributed by atoms with E-state index in [9.17, 15) is 0 Å². The molecule has 18 heavy (non-hydrogen) atoms. The highest BCUT2D eigenvalue weighted by Crippen LogP contribution is 2.04. The lowest BCUT2D eigenvalue weighted by atomic mass is 10.1. The molecule has 0 atom stereocenters. The van der Waals surface area contributed by atoms with Crippen LogP contribution < -0.4 is 22.5 Å². The lowest BCUT2D eigenvalue weighted by Crippen LogP contribution is -2.27. The predicted molar refractivity (Wildman–Crippen MR) is 71.8 cm³/mol. The largest absolute Gasteiger partial charge is 0.369 e. The Labute approximate surface area is 109 Å². The fourth-order valence-corrected chi connectivity index (χ4v) is 1.26. The van der Waals surface area contributed by atoms with Gasteiger partial charge in [0.1, 0.15) is 0 Å². The topological polar surface area (TPSA) is 150 Å². The number of nitrogens with zero attached hydrogens (tertiary/aromatic N) is 3. The van der Waals surface area contributed by atoms with Crippen molar-refractivity contribution in [3.05, 3.63) is 0 Å². The van der Waals surface area contributed by atoms with Gasteiger partial charge in [0.15, 0.2) is 12.4 Å². The van der Waals surface area contributed by atoms with Crippen LogP contribution in [-0.2, 0) is 0 Å². The maximum absolute atomic E-state index is 8.23. The fraction of sp³-hybridized carbons (Fsp3) is 0.727. The molecule has 0 aliphatic rings. The van der Waals surface area contributed by atoms with Crippen LogP contribution in [0.1, 0.15) is 38.5 Å². The molecule has 7 nitrogen and oxygen atoms in total. The number of aliphatic imine (C=N–C) groups is 1. The Morgan fingerprint density at radius 3 is 2.06 bits per heavy atom. The van der Waals surface area contributed by atoms with Gasteiger partial charge in [-0.05, 0) is 19.4 Å². The van der Waals surface area contributed by atoms with Crippen molar-refractivity contribution in [2.24, 2.45) is 22.2 Å². The van der Waals surface area contributed by atoms with E-state index >= 15 is 0 Å². The number of nitrogens with two attached hydrogens (primary N) is 3. The highest BCUT2D eigenvalue weighted by molar-refractivity contribution is 5.79. The quantitative estimate of drug-likeness (QED) is 0.158. The molecule has 0 rings (SSSR count). The molecule has 0 saturated heterocycles. The second kappa shape index (κ2) is 17.4. The fourth-order valence-electron chi connectivity index (χ4n) is 1.26. The van der Waals surface area contributed by atoms with Crippen molar-refractivity contribution in [2.45, 2.75) is 38.5 Å². The first-order valence-corrected chi connectivity index (χ1v) is 5.97. The van der Waals surface area contributed by atoms with E-state index in [1.54, 1.807) is 6.19 Å². The first-order valence-electron chi connectivity index (χ1n) is 5.97. The number of hydrogen-bond donors (Lipinski definition) is 4. The van der Waals surface area contributed by atoms with Gasteiger partial charge in [-0.2, -0.15) is 10.5 Å². The number of hydrogen-bond acceptors (Lipinski definition) is 5. The van der Waals surface area contributed by atoms with Crippen molar-refractivity contribution in [2.75, 3.05) is 13.1 Å². The molecule has 0 spiro atoms. The number of nitriles is 2. The smallest absolute Gasteiger partial charge is 0.202 e. The van der Waals surface area contributed by atoms with E-state index < -0.39 is 0 Å². The molecule has 0 aliphatic carbocycles. The standard InChI is InChI=1S/C10H21N5.CH2N2/c11-7-5-3-1-2-4-6-8-14-10(13)15-9-12;2-1-3/h1-8,11H2,(H3,13,14,15);2H2. The average Bonchev–Trinajstić information content (AvgIpc) is 2.34. The third-order valence-electron chi connectivity index (χ3n) is 2.08. The van der Waals surface area contributed by atoms with Gasteiger partial charge in [-0.25, -0.2) is 0 Å². The van der Waals surface area contributed by atoms with Gasteiger partial charge in [-0.1, -0.05) is 25.7 Å². The van der Waals surface area contributed by atoms with Crippen molar-refractivity contribution in [1.82, 2.24) is 5.32 Å². The minimum absolute atomic E-state index is 0.209. The average molecular weight is 253 g/mol. The molecule has 0 aliphatic heterocycles. The Morgan fingerprint density at radius 1 is 1.06 bits per heavy atom. The highest BCUT2D eigenvalue weighted by Gasteiger charge is 1.91. The lowest BCUT2D eigenvalue weighted by Gasteiger charge is -1.99. The van der Waals surface area contributed by atoms with Gasteiger partial charge in [0.25, 0.3) is 0 Å². The summed E-state index contributed by atoms with van der Waals surface area (Å²) in [7, 11) is 0. The molecule has 0 unspecified atom stereocenters. The molecule has 7 heteroatoms. The summed E-state index contributed by atoms with van der Waals surface area (Å²) in [5.41, 5.74) is 14.9. The predicted octanol–water partition coefficient (Wildman–Crippen LogP) is 0.0973. The van der Waals surface area contributed by atoms with Gasteiger partial charge in [-0.3, -0.25) is 10.3 Å². The van der Waals surface area contributed by atoms with Crippen LogP contribution in [-0.4, -0.2) is 19.0 Å². The van der Waals surface area contributed by atoms with Gasteiger partial charge < -0.3 is 17.2 Å². The van der Waals surface area contributed by atoms with Crippen molar-refractivity contribution >= 4 is 5.96 Å². The van der Waals surface area contributed by atoms with Crippen LogP contribution in [0.2, 0.25) is 0 Å². The molecule has 0 aromatic rings. The van der Waals surface area contributed by atoms with Crippen LogP contribution in [0.5, 0.6) is 0 Å². The molecule has 0 saturated carbocycles. The summed E-state index contributed by atoms with van der Waals surface area (Å²) in [6.07, 6.45) is 9.97. The number of guanidine groups is 1. The van der Waals surface area contributed by atoms with E-state index in [1.165, 1.54) is 25.5 Å².